The van der Waals surface area contributed by atoms with Crippen LogP contribution < -0.4 is 5.73 Å². The van der Waals surface area contributed by atoms with E-state index in [1.54, 1.807) is 0 Å². The van der Waals surface area contributed by atoms with Crippen LogP contribution in [0.25, 0.3) is 0 Å². The molecule has 0 spiro atoms. The van der Waals surface area contributed by atoms with Crippen molar-refractivity contribution in [1.29, 1.82) is 0 Å². The van der Waals surface area contributed by atoms with E-state index >= 15 is 0 Å². The van der Waals surface area contributed by atoms with Gasteiger partial charge in [0.15, 0.2) is 0 Å². The molecule has 0 aromatic carbocycles. The highest BCUT2D eigenvalue weighted by Gasteiger charge is 2.53. The topological polar surface area (TPSA) is 35.2 Å². The van der Waals surface area contributed by atoms with Gasteiger partial charge in [-0.15, -0.1) is 0 Å². The average Bonchev–Trinajstić information content (AvgIpc) is 2.04. The summed E-state index contributed by atoms with van der Waals surface area (Å²) in [5.41, 5.74) is 6.56. The molecule has 2 N–H and O–H groups in total. The van der Waals surface area contributed by atoms with Crippen molar-refractivity contribution in [3.8, 4) is 0 Å². The minimum Gasteiger partial charge on any atom is -0.373 e. The summed E-state index contributed by atoms with van der Waals surface area (Å²) in [4.78, 5) is 0. The molecule has 2 heterocycles. The second-order valence-electron chi connectivity index (χ2n) is 5.90. The van der Waals surface area contributed by atoms with Gasteiger partial charge in [0.1, 0.15) is 0 Å². The Kier molecular flexibility index (Phi) is 1.81. The Bertz CT molecular complexity index is 192. The van der Waals surface area contributed by atoms with Crippen LogP contribution in [0, 0.1) is 5.41 Å². The second kappa shape index (κ2) is 2.48. The SMILES string of the molecule is CC(C)(C)C12CCC(N)(CC1)CO2. The minimum absolute atomic E-state index is 0.00694. The van der Waals surface area contributed by atoms with E-state index in [4.69, 9.17) is 10.5 Å². The lowest BCUT2D eigenvalue weighted by Gasteiger charge is -2.57. The van der Waals surface area contributed by atoms with Gasteiger partial charge in [0, 0.05) is 5.54 Å². The van der Waals surface area contributed by atoms with E-state index in [2.05, 4.69) is 20.8 Å². The number of nitrogens with two attached hydrogens (primary N) is 1. The first-order valence-corrected chi connectivity index (χ1v) is 5.30. The molecule has 0 unspecified atom stereocenters. The van der Waals surface area contributed by atoms with E-state index in [0.29, 0.717) is 0 Å². The standard InChI is InChI=1S/C11H21NO/c1-9(2,3)11-6-4-10(12,5-7-11)8-13-11/h4-8,12H2,1-3H3. The summed E-state index contributed by atoms with van der Waals surface area (Å²) in [6.07, 6.45) is 4.58. The van der Waals surface area contributed by atoms with Crippen LogP contribution in [0.1, 0.15) is 46.5 Å². The maximum atomic E-state index is 6.17. The van der Waals surface area contributed by atoms with Crippen LogP contribution in [-0.4, -0.2) is 17.7 Å². The van der Waals surface area contributed by atoms with Gasteiger partial charge in [-0.05, 0) is 31.1 Å². The lowest BCUT2D eigenvalue weighted by atomic mass is 9.62. The van der Waals surface area contributed by atoms with E-state index in [0.717, 1.165) is 32.3 Å². The van der Waals surface area contributed by atoms with Crippen LogP contribution in [0.3, 0.4) is 0 Å². The molecule has 76 valence electrons. The zero-order valence-electron chi connectivity index (χ0n) is 9.02. The lowest BCUT2D eigenvalue weighted by Crippen LogP contribution is -2.63. The molecule has 2 saturated heterocycles. The van der Waals surface area contributed by atoms with Gasteiger partial charge in [0.05, 0.1) is 12.2 Å². The van der Waals surface area contributed by atoms with Crippen molar-refractivity contribution < 1.29 is 4.74 Å². The molecule has 0 aromatic rings. The van der Waals surface area contributed by atoms with Gasteiger partial charge >= 0.3 is 0 Å². The Morgan fingerprint density at radius 3 is 1.92 bits per heavy atom. The van der Waals surface area contributed by atoms with Gasteiger partial charge < -0.3 is 10.5 Å². The summed E-state index contributed by atoms with van der Waals surface area (Å²) in [6, 6.07) is 0. The van der Waals surface area contributed by atoms with Crippen molar-refractivity contribution in [2.75, 3.05) is 6.61 Å². The van der Waals surface area contributed by atoms with Crippen molar-refractivity contribution in [2.24, 2.45) is 11.1 Å². The third-order valence-electron chi connectivity index (χ3n) is 4.06. The fourth-order valence-electron chi connectivity index (χ4n) is 2.69. The molecule has 2 bridgehead atoms. The van der Waals surface area contributed by atoms with E-state index in [-0.39, 0.29) is 16.6 Å². The van der Waals surface area contributed by atoms with Crippen molar-refractivity contribution in [1.82, 2.24) is 0 Å². The molecule has 13 heavy (non-hydrogen) atoms. The average molecular weight is 183 g/mol. The van der Waals surface area contributed by atoms with Crippen molar-refractivity contribution >= 4 is 0 Å². The number of fused-ring (bicyclic) bond motifs is 3. The predicted molar refractivity (Wildman–Crippen MR) is 53.5 cm³/mol. The molecule has 2 heteroatoms. The largest absolute Gasteiger partial charge is 0.373 e. The van der Waals surface area contributed by atoms with Crippen LogP contribution >= 0.6 is 0 Å². The highest BCUT2D eigenvalue weighted by molar-refractivity contribution is 5.06. The fraction of sp³-hybridized carbons (Fsp3) is 1.00. The first kappa shape index (κ1) is 9.47. The summed E-state index contributed by atoms with van der Waals surface area (Å²) in [5, 5.41) is 0. The number of rotatable bonds is 0. The molecule has 1 aliphatic carbocycles. The van der Waals surface area contributed by atoms with Crippen LogP contribution in [-0.2, 0) is 4.74 Å². The predicted octanol–water partition coefficient (Wildman–Crippen LogP) is 2.07. The van der Waals surface area contributed by atoms with Gasteiger partial charge in [-0.2, -0.15) is 0 Å². The normalized spacial score (nSPS) is 45.2. The molecule has 0 atom stereocenters. The molecule has 2 nitrogen and oxygen atoms in total. The molecule has 3 fully saturated rings. The van der Waals surface area contributed by atoms with Crippen LogP contribution in [0.4, 0.5) is 0 Å². The first-order valence-electron chi connectivity index (χ1n) is 5.30. The summed E-state index contributed by atoms with van der Waals surface area (Å²) < 4.78 is 6.01. The van der Waals surface area contributed by atoms with Gasteiger partial charge in [-0.25, -0.2) is 0 Å². The van der Waals surface area contributed by atoms with Gasteiger partial charge in [0.25, 0.3) is 0 Å². The molecular formula is C11H21NO. The molecular weight excluding hydrogens is 162 g/mol. The van der Waals surface area contributed by atoms with Gasteiger partial charge in [0.2, 0.25) is 0 Å². The van der Waals surface area contributed by atoms with Crippen LogP contribution in [0.2, 0.25) is 0 Å². The highest BCUT2D eigenvalue weighted by Crippen LogP contribution is 2.51. The molecule has 0 amide bonds. The highest BCUT2D eigenvalue weighted by atomic mass is 16.5. The Hall–Kier alpha value is -0.0800. The molecule has 3 rings (SSSR count). The summed E-state index contributed by atoms with van der Waals surface area (Å²) in [6.45, 7) is 7.61. The molecule has 2 aliphatic heterocycles. The van der Waals surface area contributed by atoms with E-state index < -0.39 is 0 Å². The van der Waals surface area contributed by atoms with Crippen LogP contribution in [0.15, 0.2) is 0 Å². The summed E-state index contributed by atoms with van der Waals surface area (Å²) >= 11 is 0. The van der Waals surface area contributed by atoms with E-state index in [1.807, 2.05) is 0 Å². The third-order valence-corrected chi connectivity index (χ3v) is 4.06. The van der Waals surface area contributed by atoms with Crippen molar-refractivity contribution in [3.05, 3.63) is 0 Å². The molecule has 1 saturated carbocycles. The smallest absolute Gasteiger partial charge is 0.0732 e. The Balaban J connectivity index is 2.20. The monoisotopic (exact) mass is 183 g/mol. The Labute approximate surface area is 80.8 Å². The zero-order chi connectivity index (χ0) is 9.74. The molecule has 0 radical (unpaired) electrons. The maximum absolute atomic E-state index is 6.17. The minimum atomic E-state index is 0.00694. The van der Waals surface area contributed by atoms with Crippen molar-refractivity contribution in [2.45, 2.75) is 57.6 Å². The quantitative estimate of drug-likeness (QED) is 0.624. The lowest BCUT2D eigenvalue weighted by molar-refractivity contribution is -0.202. The first-order chi connectivity index (χ1) is 5.87. The second-order valence-corrected chi connectivity index (χ2v) is 5.90. The van der Waals surface area contributed by atoms with Crippen molar-refractivity contribution in [3.63, 3.8) is 0 Å². The Morgan fingerprint density at radius 2 is 1.62 bits per heavy atom. The van der Waals surface area contributed by atoms with E-state index in [9.17, 15) is 0 Å². The van der Waals surface area contributed by atoms with E-state index in [1.165, 1.54) is 0 Å². The maximum Gasteiger partial charge on any atom is 0.0732 e. The molecule has 3 aliphatic rings. The Morgan fingerprint density at radius 1 is 1.08 bits per heavy atom. The van der Waals surface area contributed by atoms with Gasteiger partial charge in [-0.3, -0.25) is 0 Å². The summed E-state index contributed by atoms with van der Waals surface area (Å²) in [5.74, 6) is 0. The number of hydrogen-bond donors (Lipinski definition) is 1. The fourth-order valence-corrected chi connectivity index (χ4v) is 2.69. The number of hydrogen-bond acceptors (Lipinski definition) is 2. The zero-order valence-corrected chi connectivity index (χ0v) is 9.02. The van der Waals surface area contributed by atoms with Gasteiger partial charge in [-0.1, -0.05) is 20.8 Å². The van der Waals surface area contributed by atoms with Crippen LogP contribution in [0.5, 0.6) is 0 Å². The number of ether oxygens (including phenoxy) is 1. The molecule has 0 aromatic heterocycles. The third kappa shape index (κ3) is 1.31. The summed E-state index contributed by atoms with van der Waals surface area (Å²) in [7, 11) is 0.